The molecular weight excluding hydrogens is 184 g/mol. The maximum absolute atomic E-state index is 8.46. The predicted molar refractivity (Wildman–Crippen MR) is 62.4 cm³/mol. The molecule has 2 heteroatoms. The molecule has 0 amide bonds. The summed E-state index contributed by atoms with van der Waals surface area (Å²) < 4.78 is 0. The van der Waals surface area contributed by atoms with Crippen molar-refractivity contribution < 1.29 is 0 Å². The van der Waals surface area contributed by atoms with Gasteiger partial charge in [0.05, 0.1) is 0 Å². The van der Waals surface area contributed by atoms with Gasteiger partial charge in [-0.2, -0.15) is 0 Å². The first-order chi connectivity index (χ1) is 7.12. The molecule has 86 valence electrons. The highest BCUT2D eigenvalue weighted by Crippen LogP contribution is 2.39. The summed E-state index contributed by atoms with van der Waals surface area (Å²) >= 11 is 0. The van der Waals surface area contributed by atoms with Crippen LogP contribution in [0, 0.1) is 0 Å². The van der Waals surface area contributed by atoms with E-state index in [-0.39, 0.29) is 11.1 Å². The third kappa shape index (κ3) is 2.94. The first kappa shape index (κ1) is 11.4. The van der Waals surface area contributed by atoms with E-state index in [0.29, 0.717) is 0 Å². The Morgan fingerprint density at radius 2 is 0.933 bits per heavy atom. The quantitative estimate of drug-likeness (QED) is 0.668. The maximum atomic E-state index is 8.46. The summed E-state index contributed by atoms with van der Waals surface area (Å²) in [5, 5.41) is 0. The number of hydrogen-bond donors (Lipinski definition) is 0. The zero-order valence-corrected chi connectivity index (χ0v) is 9.78. The van der Waals surface area contributed by atoms with Gasteiger partial charge in [0.25, 0.3) is 0 Å². The molecule has 0 aromatic rings. The van der Waals surface area contributed by atoms with E-state index < -0.39 is 0 Å². The van der Waals surface area contributed by atoms with Gasteiger partial charge in [0.2, 0.25) is 0 Å². The molecule has 0 atom stereocenters. The number of nitrogens with one attached hydrogen (secondary N) is 2. The van der Waals surface area contributed by atoms with Crippen LogP contribution < -0.4 is 11.5 Å². The Hall–Kier alpha value is -0.0800. The van der Waals surface area contributed by atoms with E-state index in [1.165, 1.54) is 38.5 Å². The highest BCUT2D eigenvalue weighted by Gasteiger charge is 2.38. The van der Waals surface area contributed by atoms with Crippen LogP contribution in [0.1, 0.15) is 70.6 Å². The van der Waals surface area contributed by atoms with Crippen molar-refractivity contribution in [3.63, 3.8) is 0 Å². The highest BCUT2D eigenvalue weighted by atomic mass is 14.8. The van der Waals surface area contributed by atoms with Gasteiger partial charge < -0.3 is 0 Å². The Morgan fingerprint density at radius 1 is 0.600 bits per heavy atom. The van der Waals surface area contributed by atoms with Crippen molar-refractivity contribution >= 4 is 0 Å². The van der Waals surface area contributed by atoms with E-state index in [9.17, 15) is 0 Å². The van der Waals surface area contributed by atoms with Crippen LogP contribution in [0.5, 0.6) is 0 Å². The minimum atomic E-state index is -0.239. The van der Waals surface area contributed by atoms with Crippen molar-refractivity contribution in [2.24, 2.45) is 0 Å². The van der Waals surface area contributed by atoms with Crippen molar-refractivity contribution in [2.45, 2.75) is 81.7 Å². The van der Waals surface area contributed by atoms with Gasteiger partial charge in [-0.15, -0.1) is 0 Å². The molecule has 15 heavy (non-hydrogen) atoms. The minimum absolute atomic E-state index is 0.239. The van der Waals surface area contributed by atoms with Crippen LogP contribution in [0.2, 0.25) is 0 Å². The Labute approximate surface area is 93.8 Å². The average molecular weight is 208 g/mol. The smallest absolute Gasteiger partial charge is 0.0342 e. The molecule has 2 rings (SSSR count). The number of rotatable bonds is 2. The summed E-state index contributed by atoms with van der Waals surface area (Å²) in [7, 11) is 0. The Bertz CT molecular complexity index is 179. The van der Waals surface area contributed by atoms with Gasteiger partial charge in [-0.1, -0.05) is 38.5 Å². The second kappa shape index (κ2) is 4.42. The molecular formula is C13H24N2. The maximum Gasteiger partial charge on any atom is 0.0342 e. The lowest BCUT2D eigenvalue weighted by Crippen LogP contribution is -2.45. The van der Waals surface area contributed by atoms with Crippen LogP contribution in [0.25, 0.3) is 0 Å². The monoisotopic (exact) mass is 208 g/mol. The molecule has 2 aliphatic rings. The van der Waals surface area contributed by atoms with Gasteiger partial charge in [-0.25, -0.2) is 0 Å². The molecule has 2 radical (unpaired) electrons. The lowest BCUT2D eigenvalue weighted by atomic mass is 9.69. The fraction of sp³-hybridized carbons (Fsp3) is 1.00. The van der Waals surface area contributed by atoms with E-state index in [4.69, 9.17) is 11.5 Å². The fourth-order valence-corrected chi connectivity index (χ4v) is 3.46. The summed E-state index contributed by atoms with van der Waals surface area (Å²) in [5.41, 5.74) is 16.4. The van der Waals surface area contributed by atoms with Crippen molar-refractivity contribution in [2.75, 3.05) is 0 Å². The summed E-state index contributed by atoms with van der Waals surface area (Å²) in [6, 6.07) is 0. The second-order valence-corrected chi connectivity index (χ2v) is 5.86. The van der Waals surface area contributed by atoms with Crippen molar-refractivity contribution in [3.05, 3.63) is 0 Å². The van der Waals surface area contributed by atoms with Crippen LogP contribution in [0.3, 0.4) is 0 Å². The Kier molecular flexibility index (Phi) is 3.36. The van der Waals surface area contributed by atoms with Crippen LogP contribution in [0.4, 0.5) is 0 Å². The standard InChI is InChI=1S/C13H24N2/c14-12(7-3-1-4-8-12)11-13(15)9-5-2-6-10-13/h14-15H,1-11H2. The van der Waals surface area contributed by atoms with Crippen LogP contribution in [0.15, 0.2) is 0 Å². The molecule has 0 aliphatic heterocycles. The van der Waals surface area contributed by atoms with Gasteiger partial charge in [0.15, 0.2) is 0 Å². The van der Waals surface area contributed by atoms with Crippen LogP contribution in [-0.2, 0) is 0 Å². The van der Waals surface area contributed by atoms with Gasteiger partial charge in [0, 0.05) is 11.1 Å². The summed E-state index contributed by atoms with van der Waals surface area (Å²) in [5.74, 6) is 0. The first-order valence-corrected chi connectivity index (χ1v) is 6.62. The SMILES string of the molecule is [NH]C1(CC2([NH])CCCCC2)CCCCC1. The minimum Gasteiger partial charge on any atom is -0.251 e. The summed E-state index contributed by atoms with van der Waals surface area (Å²) in [6.45, 7) is 0. The Morgan fingerprint density at radius 3 is 1.27 bits per heavy atom. The van der Waals surface area contributed by atoms with E-state index in [1.54, 1.807) is 0 Å². The normalized spacial score (nSPS) is 30.0. The average Bonchev–Trinajstić information content (AvgIpc) is 2.18. The number of hydrogen-bond acceptors (Lipinski definition) is 0. The zero-order valence-electron chi connectivity index (χ0n) is 9.78. The van der Waals surface area contributed by atoms with Crippen LogP contribution >= 0.6 is 0 Å². The molecule has 0 aromatic heterocycles. The molecule has 0 spiro atoms. The van der Waals surface area contributed by atoms with Crippen molar-refractivity contribution in [1.29, 1.82) is 0 Å². The molecule has 0 unspecified atom stereocenters. The lowest BCUT2D eigenvalue weighted by Gasteiger charge is -2.42. The molecule has 0 saturated heterocycles. The largest absolute Gasteiger partial charge is 0.251 e. The fourth-order valence-electron chi connectivity index (χ4n) is 3.46. The predicted octanol–water partition coefficient (Wildman–Crippen LogP) is 3.35. The summed E-state index contributed by atoms with van der Waals surface area (Å²) in [4.78, 5) is 0. The lowest BCUT2D eigenvalue weighted by molar-refractivity contribution is 0.167. The van der Waals surface area contributed by atoms with Crippen molar-refractivity contribution in [3.8, 4) is 0 Å². The third-order valence-electron chi connectivity index (χ3n) is 4.30. The van der Waals surface area contributed by atoms with Crippen molar-refractivity contribution in [1.82, 2.24) is 11.5 Å². The van der Waals surface area contributed by atoms with E-state index in [2.05, 4.69) is 0 Å². The molecule has 0 aromatic carbocycles. The molecule has 2 N–H and O–H groups in total. The second-order valence-electron chi connectivity index (χ2n) is 5.86. The van der Waals surface area contributed by atoms with E-state index in [0.717, 1.165) is 32.1 Å². The molecule has 2 nitrogen and oxygen atoms in total. The van der Waals surface area contributed by atoms with Gasteiger partial charge in [0.1, 0.15) is 0 Å². The Balaban J connectivity index is 1.93. The molecule has 2 fully saturated rings. The van der Waals surface area contributed by atoms with Gasteiger partial charge in [-0.05, 0) is 32.1 Å². The van der Waals surface area contributed by atoms with E-state index >= 15 is 0 Å². The zero-order chi connectivity index (χ0) is 10.8. The van der Waals surface area contributed by atoms with Gasteiger partial charge in [-0.3, -0.25) is 11.5 Å². The molecule has 0 heterocycles. The molecule has 2 aliphatic carbocycles. The topological polar surface area (TPSA) is 47.6 Å². The molecule has 0 bridgehead atoms. The van der Waals surface area contributed by atoms with Crippen LogP contribution in [-0.4, -0.2) is 11.1 Å². The first-order valence-electron chi connectivity index (χ1n) is 6.62. The van der Waals surface area contributed by atoms with Gasteiger partial charge >= 0.3 is 0 Å². The summed E-state index contributed by atoms with van der Waals surface area (Å²) in [6.07, 6.45) is 12.6. The highest BCUT2D eigenvalue weighted by molar-refractivity contribution is 4.98. The van der Waals surface area contributed by atoms with E-state index in [1.807, 2.05) is 0 Å². The third-order valence-corrected chi connectivity index (χ3v) is 4.30. The molecule has 2 saturated carbocycles.